The number of aliphatic hydroxyl groups is 6. The molecule has 0 unspecified atom stereocenters. The van der Waals surface area contributed by atoms with E-state index in [1.807, 2.05) is 0 Å². The van der Waals surface area contributed by atoms with Gasteiger partial charge in [-0.05, 0) is 95.9 Å². The van der Waals surface area contributed by atoms with Crippen LogP contribution in [0.2, 0.25) is 0 Å². The summed E-state index contributed by atoms with van der Waals surface area (Å²) in [5.74, 6) is -5.28. The van der Waals surface area contributed by atoms with Gasteiger partial charge in [-0.25, -0.2) is 9.64 Å². The van der Waals surface area contributed by atoms with Crippen LogP contribution < -0.4 is 0 Å². The van der Waals surface area contributed by atoms with Crippen molar-refractivity contribution in [1.82, 2.24) is 0 Å². The van der Waals surface area contributed by atoms with E-state index in [0.717, 1.165) is 6.42 Å². The van der Waals surface area contributed by atoms with Crippen LogP contribution >= 0.6 is 0 Å². The van der Waals surface area contributed by atoms with Gasteiger partial charge in [0.15, 0.2) is 57.8 Å². The van der Waals surface area contributed by atoms with Gasteiger partial charge in [-0.1, -0.05) is 60.7 Å². The normalized spacial score (nSPS) is 11.2. The standard InChI is InChI=1S/C12H12O3.C11H9NO2.4C7H10O3.6Cu/c1-8(13)11(9(2)14)12(15)10-6-4-3-5-7-10;1-8(13)10(12-2)11(14)9-6-4-3-5-7-9;1-5(8)6-3-2-4-10-7(6)9;2*1-4(8)7(5(2)9)6(3)10;1-4(5(2)8)7(10)6(3)9;;;;;;/h3-7,15H,1-2H3;3-7,14H,1H3;8H,2-4H2,1H3;2*8H,1-3H3;10H,1-3H3;;;;;;. The summed E-state index contributed by atoms with van der Waals surface area (Å²) < 4.78 is 4.69. The predicted octanol–water partition coefficient (Wildman–Crippen LogP) is 8.68. The second kappa shape index (κ2) is 47.3. The summed E-state index contributed by atoms with van der Waals surface area (Å²) in [5.41, 5.74) is 0.891. The summed E-state index contributed by atoms with van der Waals surface area (Å²) in [6.07, 6.45) is 1.46. The summed E-state index contributed by atoms with van der Waals surface area (Å²) in [5, 5.41) is 54.7. The van der Waals surface area contributed by atoms with Gasteiger partial charge >= 0.3 is 5.97 Å². The van der Waals surface area contributed by atoms with Crippen LogP contribution in [-0.4, -0.2) is 95.3 Å². The molecule has 1 aliphatic rings. The molecule has 0 bridgehead atoms. The molecule has 0 atom stereocenters. The maximum Gasteiger partial charge on any atom is 0.337 e. The largest absolute Gasteiger partial charge is 0.518 e. The summed E-state index contributed by atoms with van der Waals surface area (Å²) >= 11 is 0. The van der Waals surface area contributed by atoms with Gasteiger partial charge in [0.1, 0.15) is 28.6 Å². The van der Waals surface area contributed by atoms with Crippen LogP contribution in [0, 0.1) is 6.57 Å². The number of nitrogens with zero attached hydrogens (tertiary/aromatic N) is 1. The van der Waals surface area contributed by atoms with Gasteiger partial charge < -0.3 is 40.2 Å². The number of allylic oxidation sites excluding steroid dienone is 9. The Morgan fingerprint density at radius 3 is 0.960 bits per heavy atom. The van der Waals surface area contributed by atoms with E-state index in [1.54, 1.807) is 60.7 Å². The van der Waals surface area contributed by atoms with E-state index < -0.39 is 52.0 Å². The molecule has 75 heavy (non-hydrogen) atoms. The molecular formula is C51H61Cu6NO17. The van der Waals surface area contributed by atoms with Gasteiger partial charge in [-0.2, -0.15) is 0 Å². The third-order valence-corrected chi connectivity index (χ3v) is 8.54. The molecule has 2 aromatic rings. The molecule has 438 valence electrons. The minimum Gasteiger partial charge on any atom is -0.518 e. The Hall–Kier alpha value is -5.21. The van der Waals surface area contributed by atoms with Gasteiger partial charge in [0, 0.05) is 126 Å². The molecule has 24 heteroatoms. The van der Waals surface area contributed by atoms with Crippen LogP contribution in [-0.2, 0) is 155 Å². The number of Topliss-reactive ketones (excluding diaryl/α,β-unsaturated/α-hetero) is 9. The summed E-state index contributed by atoms with van der Waals surface area (Å²) in [6, 6.07) is 17.1. The molecule has 0 saturated carbocycles. The van der Waals surface area contributed by atoms with Gasteiger partial charge in [0.25, 0.3) is 5.70 Å². The van der Waals surface area contributed by atoms with E-state index in [2.05, 4.69) is 4.85 Å². The number of rotatable bonds is 11. The Balaban J connectivity index is -0.0000000989. The van der Waals surface area contributed by atoms with E-state index in [9.17, 15) is 58.2 Å². The van der Waals surface area contributed by atoms with Crippen molar-refractivity contribution < 1.29 is 186 Å². The SMILES string of the molecule is CC(=O)C(C(C)=O)=C(C)O.CC(=O)C(C(C)=O)=C(C)O.CC(=O)C(C(C)=O)=C(O)c1ccccc1.CC(=O)C(C)=C(O)C(C)=O.CC(O)=C1CCCOC1=O.[C-]#[N+]C(C(C)=O)=C(O)c1ccccc1.[Cu].[Cu].[Cu].[Cu].[Cu].[Cu]. The average molecular weight is 1340 g/mol. The summed E-state index contributed by atoms with van der Waals surface area (Å²) in [7, 11) is 0. The van der Waals surface area contributed by atoms with E-state index >= 15 is 0 Å². The second-order valence-electron chi connectivity index (χ2n) is 14.5. The van der Waals surface area contributed by atoms with Crippen LogP contribution in [0.15, 0.2) is 117 Å². The fraction of sp³-hybridized carbons (Fsp3) is 0.314. The van der Waals surface area contributed by atoms with Crippen LogP contribution in [0.3, 0.4) is 0 Å². The fourth-order valence-corrected chi connectivity index (χ4v) is 5.23. The molecule has 0 spiro atoms. The van der Waals surface area contributed by atoms with Crippen molar-refractivity contribution in [1.29, 1.82) is 0 Å². The van der Waals surface area contributed by atoms with E-state index in [1.165, 1.54) is 90.0 Å². The number of aliphatic hydroxyl groups excluding tert-OH is 6. The number of carbonyl (C=O) groups excluding carboxylic acids is 10. The van der Waals surface area contributed by atoms with E-state index in [4.69, 9.17) is 31.7 Å². The molecule has 0 aliphatic carbocycles. The molecule has 0 aromatic heterocycles. The first-order chi connectivity index (χ1) is 31.8. The number of carbonyl (C=O) groups is 10. The second-order valence-corrected chi connectivity index (χ2v) is 14.5. The van der Waals surface area contributed by atoms with Crippen LogP contribution in [0.25, 0.3) is 16.4 Å². The Kier molecular flexibility index (Phi) is 56.3. The van der Waals surface area contributed by atoms with Crippen molar-refractivity contribution in [2.45, 2.75) is 103 Å². The smallest absolute Gasteiger partial charge is 0.337 e. The first kappa shape index (κ1) is 89.4. The monoisotopic (exact) mass is 1340 g/mol. The zero-order chi connectivity index (χ0) is 54.5. The quantitative estimate of drug-likeness (QED) is 0.0233. The number of cyclic esters (lactones) is 1. The van der Waals surface area contributed by atoms with Gasteiger partial charge in [0.2, 0.25) is 0 Å². The van der Waals surface area contributed by atoms with Crippen molar-refractivity contribution >= 4 is 69.5 Å². The van der Waals surface area contributed by atoms with Crippen molar-refractivity contribution in [3.05, 3.63) is 140 Å². The van der Waals surface area contributed by atoms with Crippen molar-refractivity contribution in [2.24, 2.45) is 0 Å². The molecule has 1 heterocycles. The molecule has 3 rings (SSSR count). The third-order valence-electron chi connectivity index (χ3n) is 8.54. The number of benzene rings is 2. The van der Waals surface area contributed by atoms with Gasteiger partial charge in [-0.15, -0.1) is 0 Å². The molecule has 0 amide bonds. The number of hydrogen-bond donors (Lipinski definition) is 6. The van der Waals surface area contributed by atoms with E-state index in [-0.39, 0.29) is 171 Å². The maximum atomic E-state index is 11.2. The van der Waals surface area contributed by atoms with Crippen LogP contribution in [0.4, 0.5) is 0 Å². The molecule has 18 nitrogen and oxygen atoms in total. The average Bonchev–Trinajstić information content (AvgIpc) is 3.23. The Bertz CT molecular complexity index is 2390. The van der Waals surface area contributed by atoms with Crippen LogP contribution in [0.1, 0.15) is 114 Å². The molecule has 6 radical (unpaired) electrons. The third kappa shape index (κ3) is 36.4. The molecular weight excluding hydrogens is 1280 g/mol. The molecule has 1 saturated heterocycles. The van der Waals surface area contributed by atoms with Crippen molar-refractivity contribution in [3.63, 3.8) is 0 Å². The molecule has 2 aromatic carbocycles. The van der Waals surface area contributed by atoms with E-state index in [0.29, 0.717) is 29.7 Å². The first-order valence-electron chi connectivity index (χ1n) is 20.5. The first-order valence-corrected chi connectivity index (χ1v) is 20.5. The Morgan fingerprint density at radius 2 is 0.773 bits per heavy atom. The van der Waals surface area contributed by atoms with Crippen molar-refractivity contribution in [3.8, 4) is 0 Å². The Labute approximate surface area is 500 Å². The summed E-state index contributed by atoms with van der Waals surface area (Å²) in [6.45, 7) is 24.1. The number of esters is 1. The minimum atomic E-state index is -0.479. The fourth-order valence-electron chi connectivity index (χ4n) is 5.23. The number of ether oxygens (including phenoxy) is 1. The predicted molar refractivity (Wildman–Crippen MR) is 256 cm³/mol. The molecule has 1 aliphatic heterocycles. The van der Waals surface area contributed by atoms with Gasteiger partial charge in [0.05, 0.1) is 35.7 Å². The topological polar surface area (TPSA) is 306 Å². The maximum absolute atomic E-state index is 11.2. The zero-order valence-corrected chi connectivity index (χ0v) is 48.5. The minimum absolute atomic E-state index is 0. The van der Waals surface area contributed by atoms with Gasteiger partial charge in [-0.3, -0.25) is 38.4 Å². The number of hydrogen-bond acceptors (Lipinski definition) is 17. The van der Waals surface area contributed by atoms with Crippen molar-refractivity contribution in [2.75, 3.05) is 6.61 Å². The molecule has 1 fully saturated rings. The molecule has 6 N–H and O–H groups in total. The Morgan fingerprint density at radius 1 is 0.453 bits per heavy atom. The number of ketones is 9. The summed E-state index contributed by atoms with van der Waals surface area (Å²) in [4.78, 5) is 110. The van der Waals surface area contributed by atoms with Crippen LogP contribution in [0.5, 0.6) is 0 Å². The zero-order valence-electron chi connectivity index (χ0n) is 42.8.